The first-order valence-electron chi connectivity index (χ1n) is 5.02. The van der Waals surface area contributed by atoms with Gasteiger partial charge in [-0.2, -0.15) is 0 Å². The van der Waals surface area contributed by atoms with Gasteiger partial charge in [-0.15, -0.1) is 0 Å². The second-order valence-electron chi connectivity index (χ2n) is 3.72. The second-order valence-corrected chi connectivity index (χ2v) is 3.72. The Morgan fingerprint density at radius 3 is 2.75 bits per heavy atom. The lowest BCUT2D eigenvalue weighted by Gasteiger charge is -2.05. The Labute approximate surface area is 93.4 Å². The summed E-state index contributed by atoms with van der Waals surface area (Å²) in [7, 11) is 0. The van der Waals surface area contributed by atoms with E-state index in [4.69, 9.17) is 5.11 Å². The molecule has 2 nitrogen and oxygen atoms in total. The van der Waals surface area contributed by atoms with Crippen LogP contribution in [0.3, 0.4) is 0 Å². The lowest BCUT2D eigenvalue weighted by Crippen LogP contribution is -1.90. The number of halogens is 1. The van der Waals surface area contributed by atoms with Crippen molar-refractivity contribution in [1.82, 2.24) is 4.98 Å². The van der Waals surface area contributed by atoms with Crippen LogP contribution < -0.4 is 0 Å². The van der Waals surface area contributed by atoms with Gasteiger partial charge in [-0.05, 0) is 30.2 Å². The van der Waals surface area contributed by atoms with Crippen LogP contribution in [0.2, 0.25) is 0 Å². The number of pyridine rings is 1. The predicted octanol–water partition coefficient (Wildman–Crippen LogP) is 2.69. The van der Waals surface area contributed by atoms with E-state index in [2.05, 4.69) is 4.98 Å². The first-order valence-corrected chi connectivity index (χ1v) is 5.02. The zero-order chi connectivity index (χ0) is 11.5. The molecule has 0 saturated carbocycles. The molecule has 0 saturated heterocycles. The summed E-state index contributed by atoms with van der Waals surface area (Å²) in [4.78, 5) is 3.97. The summed E-state index contributed by atoms with van der Waals surface area (Å²) in [6.07, 6.45) is 3.16. The average Bonchev–Trinajstić information content (AvgIpc) is 2.29. The van der Waals surface area contributed by atoms with Gasteiger partial charge in [-0.1, -0.05) is 12.1 Å². The Hall–Kier alpha value is -1.74. The largest absolute Gasteiger partial charge is 0.392 e. The smallest absolute Gasteiger partial charge is 0.131 e. The molecule has 1 N–H and O–H groups in total. The van der Waals surface area contributed by atoms with Gasteiger partial charge in [-0.25, -0.2) is 4.39 Å². The summed E-state index contributed by atoms with van der Waals surface area (Å²) in [5.74, 6) is -0.267. The number of benzene rings is 1. The average molecular weight is 217 g/mol. The number of hydrogen-bond acceptors (Lipinski definition) is 2. The fraction of sp³-hybridized carbons (Fsp3) is 0.154. The number of aliphatic hydroxyl groups is 1. The Kier molecular flexibility index (Phi) is 2.97. The van der Waals surface area contributed by atoms with E-state index in [0.29, 0.717) is 16.7 Å². The van der Waals surface area contributed by atoms with Crippen LogP contribution in [-0.2, 0) is 6.61 Å². The number of hydrogen-bond donors (Lipinski definition) is 1. The topological polar surface area (TPSA) is 33.1 Å². The summed E-state index contributed by atoms with van der Waals surface area (Å²) in [5.41, 5.74) is 2.75. The van der Waals surface area contributed by atoms with Crippen LogP contribution >= 0.6 is 0 Å². The normalized spacial score (nSPS) is 10.4. The van der Waals surface area contributed by atoms with Crippen molar-refractivity contribution in [3.63, 3.8) is 0 Å². The Balaban J connectivity index is 2.49. The first-order chi connectivity index (χ1) is 7.70. The molecule has 1 aromatic carbocycles. The van der Waals surface area contributed by atoms with Gasteiger partial charge in [0, 0.05) is 23.5 Å². The SMILES string of the molecule is Cc1ccc(-c2cncc(CO)c2)c(F)c1. The van der Waals surface area contributed by atoms with Gasteiger partial charge in [-0.3, -0.25) is 4.98 Å². The molecule has 0 aliphatic rings. The highest BCUT2D eigenvalue weighted by Gasteiger charge is 2.05. The molecule has 1 aromatic heterocycles. The summed E-state index contributed by atoms with van der Waals surface area (Å²) < 4.78 is 13.7. The van der Waals surface area contributed by atoms with Crippen molar-refractivity contribution in [1.29, 1.82) is 0 Å². The van der Waals surface area contributed by atoms with Crippen molar-refractivity contribution in [3.8, 4) is 11.1 Å². The highest BCUT2D eigenvalue weighted by Crippen LogP contribution is 2.23. The highest BCUT2D eigenvalue weighted by molar-refractivity contribution is 5.64. The third-order valence-electron chi connectivity index (χ3n) is 2.41. The minimum absolute atomic E-state index is 0.0890. The van der Waals surface area contributed by atoms with Crippen molar-refractivity contribution in [2.45, 2.75) is 13.5 Å². The minimum atomic E-state index is -0.267. The molecule has 0 atom stereocenters. The molecular formula is C13H12FNO. The Morgan fingerprint density at radius 1 is 1.25 bits per heavy atom. The van der Waals surface area contributed by atoms with E-state index in [1.54, 1.807) is 24.5 Å². The molecule has 2 aromatic rings. The minimum Gasteiger partial charge on any atom is -0.392 e. The molecule has 0 fully saturated rings. The third kappa shape index (κ3) is 2.09. The van der Waals surface area contributed by atoms with Crippen molar-refractivity contribution in [2.24, 2.45) is 0 Å². The fourth-order valence-corrected chi connectivity index (χ4v) is 1.58. The molecule has 82 valence electrons. The molecule has 1 heterocycles. The number of nitrogens with zero attached hydrogens (tertiary/aromatic N) is 1. The second kappa shape index (κ2) is 4.41. The monoisotopic (exact) mass is 217 g/mol. The number of aromatic nitrogens is 1. The van der Waals surface area contributed by atoms with E-state index >= 15 is 0 Å². The third-order valence-corrected chi connectivity index (χ3v) is 2.41. The zero-order valence-electron chi connectivity index (χ0n) is 8.94. The van der Waals surface area contributed by atoms with Gasteiger partial charge in [0.1, 0.15) is 5.82 Å². The molecule has 0 radical (unpaired) electrons. The van der Waals surface area contributed by atoms with Gasteiger partial charge < -0.3 is 5.11 Å². The van der Waals surface area contributed by atoms with E-state index in [1.807, 2.05) is 13.0 Å². The summed E-state index contributed by atoms with van der Waals surface area (Å²) >= 11 is 0. The van der Waals surface area contributed by atoms with Crippen LogP contribution in [-0.4, -0.2) is 10.1 Å². The summed E-state index contributed by atoms with van der Waals surface area (Å²) in [6, 6.07) is 6.80. The first kappa shape index (κ1) is 10.8. The number of rotatable bonds is 2. The van der Waals surface area contributed by atoms with E-state index in [1.165, 1.54) is 6.07 Å². The molecule has 16 heavy (non-hydrogen) atoms. The zero-order valence-corrected chi connectivity index (χ0v) is 8.94. The molecule has 0 aliphatic heterocycles. The van der Waals surface area contributed by atoms with Crippen LogP contribution in [0.1, 0.15) is 11.1 Å². The molecule has 0 bridgehead atoms. The quantitative estimate of drug-likeness (QED) is 0.839. The van der Waals surface area contributed by atoms with Gasteiger partial charge in [0.05, 0.1) is 6.61 Å². The van der Waals surface area contributed by atoms with Crippen LogP contribution in [0.15, 0.2) is 36.7 Å². The highest BCUT2D eigenvalue weighted by atomic mass is 19.1. The molecule has 3 heteroatoms. The summed E-state index contributed by atoms with van der Waals surface area (Å²) in [6.45, 7) is 1.75. The molecule has 2 rings (SSSR count). The van der Waals surface area contributed by atoms with E-state index in [0.717, 1.165) is 5.56 Å². The van der Waals surface area contributed by atoms with Crippen LogP contribution in [0.5, 0.6) is 0 Å². The molecule has 0 unspecified atom stereocenters. The molecule has 0 spiro atoms. The predicted molar refractivity (Wildman–Crippen MR) is 60.3 cm³/mol. The number of aliphatic hydroxyl groups excluding tert-OH is 1. The van der Waals surface area contributed by atoms with Crippen molar-refractivity contribution >= 4 is 0 Å². The van der Waals surface area contributed by atoms with Crippen molar-refractivity contribution in [2.75, 3.05) is 0 Å². The van der Waals surface area contributed by atoms with Gasteiger partial charge in [0.25, 0.3) is 0 Å². The van der Waals surface area contributed by atoms with Gasteiger partial charge in [0.2, 0.25) is 0 Å². The molecular weight excluding hydrogens is 205 g/mol. The van der Waals surface area contributed by atoms with Gasteiger partial charge >= 0.3 is 0 Å². The maximum Gasteiger partial charge on any atom is 0.131 e. The van der Waals surface area contributed by atoms with Gasteiger partial charge in [0.15, 0.2) is 0 Å². The Bertz CT molecular complexity index is 511. The maximum atomic E-state index is 13.7. The maximum absolute atomic E-state index is 13.7. The Morgan fingerprint density at radius 2 is 2.06 bits per heavy atom. The lowest BCUT2D eigenvalue weighted by atomic mass is 10.0. The van der Waals surface area contributed by atoms with E-state index in [-0.39, 0.29) is 12.4 Å². The van der Waals surface area contributed by atoms with E-state index < -0.39 is 0 Å². The number of aryl methyl sites for hydroxylation is 1. The fourth-order valence-electron chi connectivity index (χ4n) is 1.58. The van der Waals surface area contributed by atoms with Crippen LogP contribution in [0.25, 0.3) is 11.1 Å². The van der Waals surface area contributed by atoms with Crippen molar-refractivity contribution < 1.29 is 9.50 Å². The van der Waals surface area contributed by atoms with Crippen LogP contribution in [0.4, 0.5) is 4.39 Å². The standard InChI is InChI=1S/C13H12FNO/c1-9-2-3-12(13(14)4-9)11-5-10(8-16)6-15-7-11/h2-7,16H,8H2,1H3. The van der Waals surface area contributed by atoms with Crippen LogP contribution in [0, 0.1) is 12.7 Å². The lowest BCUT2D eigenvalue weighted by molar-refractivity contribution is 0.281. The molecule has 0 aliphatic carbocycles. The molecule has 0 amide bonds. The van der Waals surface area contributed by atoms with Crippen molar-refractivity contribution in [3.05, 3.63) is 53.6 Å². The summed E-state index contributed by atoms with van der Waals surface area (Å²) in [5, 5.41) is 8.99. The van der Waals surface area contributed by atoms with E-state index in [9.17, 15) is 4.39 Å².